The first-order valence-electron chi connectivity index (χ1n) is 11.5. The number of carbonyl (C=O) groups excluding carboxylic acids is 2. The lowest BCUT2D eigenvalue weighted by Crippen LogP contribution is -2.37. The highest BCUT2D eigenvalue weighted by molar-refractivity contribution is 5.94. The Morgan fingerprint density at radius 3 is 2.59 bits per heavy atom. The van der Waals surface area contributed by atoms with Crippen molar-refractivity contribution in [2.24, 2.45) is 0 Å². The largest absolute Gasteiger partial charge is 0.347 e. The molecule has 9 nitrogen and oxygen atoms in total. The predicted molar refractivity (Wildman–Crippen MR) is 127 cm³/mol. The summed E-state index contributed by atoms with van der Waals surface area (Å²) < 4.78 is 3.73. The van der Waals surface area contributed by atoms with Crippen molar-refractivity contribution in [3.63, 3.8) is 0 Å². The van der Waals surface area contributed by atoms with Crippen molar-refractivity contribution in [1.82, 2.24) is 34.4 Å². The minimum atomic E-state index is -0.141. The Kier molecular flexibility index (Phi) is 5.61. The SMILES string of the molecule is CCc1nc2ccc(C)cn2c1C(=O)NCc1ccc(-c2nc3n(n2)CCN(C(C)=O)C3)cc1. The van der Waals surface area contributed by atoms with Crippen LogP contribution in [-0.4, -0.2) is 47.4 Å². The maximum absolute atomic E-state index is 13.0. The second-order valence-corrected chi connectivity index (χ2v) is 8.59. The first-order chi connectivity index (χ1) is 16.4. The highest BCUT2D eigenvalue weighted by atomic mass is 16.2. The van der Waals surface area contributed by atoms with Crippen LogP contribution in [0.4, 0.5) is 0 Å². The second kappa shape index (κ2) is 8.74. The third-order valence-electron chi connectivity index (χ3n) is 6.16. The molecule has 0 saturated heterocycles. The van der Waals surface area contributed by atoms with E-state index in [1.165, 1.54) is 0 Å². The Hall–Kier alpha value is -4.01. The lowest BCUT2D eigenvalue weighted by atomic mass is 10.1. The molecule has 0 bridgehead atoms. The second-order valence-electron chi connectivity index (χ2n) is 8.59. The van der Waals surface area contributed by atoms with Crippen LogP contribution in [0.2, 0.25) is 0 Å². The van der Waals surface area contributed by atoms with Crippen LogP contribution in [0.25, 0.3) is 17.0 Å². The normalized spacial score (nSPS) is 13.2. The third-order valence-corrected chi connectivity index (χ3v) is 6.16. The van der Waals surface area contributed by atoms with E-state index in [4.69, 9.17) is 0 Å². The van der Waals surface area contributed by atoms with Crippen LogP contribution < -0.4 is 5.32 Å². The van der Waals surface area contributed by atoms with Gasteiger partial charge < -0.3 is 10.2 Å². The van der Waals surface area contributed by atoms with E-state index in [1.807, 2.05) is 65.5 Å². The number of fused-ring (bicyclic) bond motifs is 2. The number of carbonyl (C=O) groups is 2. The summed E-state index contributed by atoms with van der Waals surface area (Å²) >= 11 is 0. The highest BCUT2D eigenvalue weighted by Gasteiger charge is 2.22. The first-order valence-corrected chi connectivity index (χ1v) is 11.5. The Labute approximate surface area is 197 Å². The molecule has 174 valence electrons. The van der Waals surface area contributed by atoms with Gasteiger partial charge in [-0.1, -0.05) is 37.3 Å². The fourth-order valence-electron chi connectivity index (χ4n) is 4.25. The maximum atomic E-state index is 13.0. The summed E-state index contributed by atoms with van der Waals surface area (Å²) in [6.45, 7) is 7.76. The molecule has 1 N–H and O–H groups in total. The summed E-state index contributed by atoms with van der Waals surface area (Å²) in [5.74, 6) is 1.34. The molecule has 0 saturated carbocycles. The lowest BCUT2D eigenvalue weighted by molar-refractivity contribution is -0.130. The fourth-order valence-corrected chi connectivity index (χ4v) is 4.25. The molecular weight excluding hydrogens is 430 g/mol. The van der Waals surface area contributed by atoms with Crippen molar-refractivity contribution in [3.8, 4) is 11.4 Å². The molecule has 4 aromatic rings. The fraction of sp³-hybridized carbons (Fsp3) is 0.320. The zero-order chi connectivity index (χ0) is 23.8. The minimum Gasteiger partial charge on any atom is -0.347 e. The van der Waals surface area contributed by atoms with Gasteiger partial charge in [-0.05, 0) is 30.5 Å². The number of aromatic nitrogens is 5. The Morgan fingerprint density at radius 1 is 1.06 bits per heavy atom. The van der Waals surface area contributed by atoms with Gasteiger partial charge in [0.05, 0.1) is 18.8 Å². The van der Waals surface area contributed by atoms with Gasteiger partial charge in [0.25, 0.3) is 5.91 Å². The van der Waals surface area contributed by atoms with E-state index >= 15 is 0 Å². The van der Waals surface area contributed by atoms with Crippen molar-refractivity contribution < 1.29 is 9.59 Å². The molecule has 0 atom stereocenters. The first kappa shape index (κ1) is 21.8. The molecule has 0 unspecified atom stereocenters. The number of nitrogens with zero attached hydrogens (tertiary/aromatic N) is 6. The van der Waals surface area contributed by atoms with Crippen LogP contribution in [0.1, 0.15) is 47.0 Å². The third kappa shape index (κ3) is 4.05. The molecule has 0 fully saturated rings. The number of pyridine rings is 1. The summed E-state index contributed by atoms with van der Waals surface area (Å²) in [6, 6.07) is 11.8. The van der Waals surface area contributed by atoms with E-state index < -0.39 is 0 Å². The van der Waals surface area contributed by atoms with Crippen molar-refractivity contribution in [3.05, 3.63) is 70.9 Å². The molecule has 5 rings (SSSR count). The van der Waals surface area contributed by atoms with Crippen LogP contribution in [0.5, 0.6) is 0 Å². The summed E-state index contributed by atoms with van der Waals surface area (Å²) in [5, 5.41) is 7.63. The number of hydrogen-bond acceptors (Lipinski definition) is 5. The summed E-state index contributed by atoms with van der Waals surface area (Å²) in [4.78, 5) is 35.7. The zero-order valence-electron chi connectivity index (χ0n) is 19.6. The summed E-state index contributed by atoms with van der Waals surface area (Å²) in [7, 11) is 0. The standard InChI is InChI=1S/C25H27N7O2/c1-4-20-23(31-14-16(2)5-10-21(31)27-20)25(34)26-13-18-6-8-19(9-7-18)24-28-22-15-30(17(3)33)11-12-32(22)29-24/h5-10,14H,4,11-13,15H2,1-3H3,(H,26,34). The lowest BCUT2D eigenvalue weighted by Gasteiger charge is -2.25. The van der Waals surface area contributed by atoms with E-state index in [2.05, 4.69) is 20.4 Å². The minimum absolute atomic E-state index is 0.0484. The smallest absolute Gasteiger partial charge is 0.270 e. The average molecular weight is 458 g/mol. The molecule has 0 aliphatic carbocycles. The average Bonchev–Trinajstić information content (AvgIpc) is 3.43. The summed E-state index contributed by atoms with van der Waals surface area (Å²) in [6.07, 6.45) is 2.63. The van der Waals surface area contributed by atoms with Crippen LogP contribution >= 0.6 is 0 Å². The molecule has 1 aromatic carbocycles. The molecule has 0 radical (unpaired) electrons. The molecule has 1 aliphatic heterocycles. The van der Waals surface area contributed by atoms with Crippen molar-refractivity contribution >= 4 is 17.5 Å². The van der Waals surface area contributed by atoms with Crippen molar-refractivity contribution in [1.29, 1.82) is 0 Å². The molecule has 2 amide bonds. The molecule has 4 heterocycles. The van der Waals surface area contributed by atoms with E-state index in [-0.39, 0.29) is 11.8 Å². The van der Waals surface area contributed by atoms with Gasteiger partial charge in [-0.2, -0.15) is 5.10 Å². The number of rotatable bonds is 5. The summed E-state index contributed by atoms with van der Waals surface area (Å²) in [5.41, 5.74) is 5.10. The number of nitrogens with one attached hydrogen (secondary N) is 1. The van der Waals surface area contributed by atoms with Crippen LogP contribution in [0.15, 0.2) is 42.6 Å². The van der Waals surface area contributed by atoms with Gasteiger partial charge in [0.1, 0.15) is 17.2 Å². The van der Waals surface area contributed by atoms with E-state index in [0.29, 0.717) is 44.1 Å². The Bertz CT molecular complexity index is 1380. The number of amides is 2. The van der Waals surface area contributed by atoms with Crippen LogP contribution in [-0.2, 0) is 30.8 Å². The number of benzene rings is 1. The number of aryl methyl sites for hydroxylation is 2. The highest BCUT2D eigenvalue weighted by Crippen LogP contribution is 2.20. The quantitative estimate of drug-likeness (QED) is 0.497. The zero-order valence-corrected chi connectivity index (χ0v) is 19.6. The molecule has 1 aliphatic rings. The van der Waals surface area contributed by atoms with Gasteiger partial charge in [0.2, 0.25) is 5.91 Å². The van der Waals surface area contributed by atoms with Crippen LogP contribution in [0, 0.1) is 6.92 Å². The maximum Gasteiger partial charge on any atom is 0.270 e. The molecular formula is C25H27N7O2. The Balaban J connectivity index is 1.29. The van der Waals surface area contributed by atoms with Crippen molar-refractivity contribution in [2.75, 3.05) is 6.54 Å². The van der Waals surface area contributed by atoms with Gasteiger partial charge >= 0.3 is 0 Å². The van der Waals surface area contributed by atoms with Gasteiger partial charge in [-0.15, -0.1) is 0 Å². The topological polar surface area (TPSA) is 97.4 Å². The van der Waals surface area contributed by atoms with E-state index in [9.17, 15) is 9.59 Å². The molecule has 34 heavy (non-hydrogen) atoms. The Morgan fingerprint density at radius 2 is 1.85 bits per heavy atom. The van der Waals surface area contributed by atoms with E-state index in [1.54, 1.807) is 11.8 Å². The van der Waals surface area contributed by atoms with E-state index in [0.717, 1.165) is 33.9 Å². The van der Waals surface area contributed by atoms with Gasteiger partial charge in [-0.3, -0.25) is 14.0 Å². The molecule has 9 heteroatoms. The molecule has 3 aromatic heterocycles. The van der Waals surface area contributed by atoms with Crippen molar-refractivity contribution in [2.45, 2.75) is 46.8 Å². The van der Waals surface area contributed by atoms with Gasteiger partial charge in [0.15, 0.2) is 5.82 Å². The van der Waals surface area contributed by atoms with Gasteiger partial charge in [0, 0.05) is 31.8 Å². The van der Waals surface area contributed by atoms with Gasteiger partial charge in [-0.25, -0.2) is 14.6 Å². The molecule has 0 spiro atoms. The predicted octanol–water partition coefficient (Wildman–Crippen LogP) is 2.76. The van der Waals surface area contributed by atoms with Crippen LogP contribution in [0.3, 0.4) is 0 Å². The number of imidazole rings is 1. The monoisotopic (exact) mass is 457 g/mol. The number of hydrogen-bond donors (Lipinski definition) is 1.